The van der Waals surface area contributed by atoms with Crippen molar-refractivity contribution in [3.8, 4) is 11.1 Å². The number of carbonyl (C=O) groups is 1. The zero-order valence-electron chi connectivity index (χ0n) is 19.6. The van der Waals surface area contributed by atoms with Gasteiger partial charge in [-0.05, 0) is 53.1 Å². The quantitative estimate of drug-likeness (QED) is 0.303. The molecule has 36 heavy (non-hydrogen) atoms. The Kier molecular flexibility index (Phi) is 7.67. The van der Waals surface area contributed by atoms with E-state index in [4.69, 9.17) is 0 Å². The monoisotopic (exact) mass is 519 g/mol. The minimum Gasteiger partial charge on any atom is -0.364 e. The molecule has 2 N–H and O–H groups in total. The molecule has 0 atom stereocenters. The Morgan fingerprint density at radius 2 is 1.75 bits per heavy atom. The van der Waals surface area contributed by atoms with Gasteiger partial charge in [0.15, 0.2) is 0 Å². The molecule has 0 saturated carbocycles. The number of amides is 1. The van der Waals surface area contributed by atoms with Gasteiger partial charge in [-0.2, -0.15) is 0 Å². The van der Waals surface area contributed by atoms with E-state index in [1.165, 1.54) is 5.56 Å². The summed E-state index contributed by atoms with van der Waals surface area (Å²) in [6.07, 6.45) is 5.47. The van der Waals surface area contributed by atoms with Crippen LogP contribution in [0.4, 0.5) is 5.69 Å². The summed E-state index contributed by atoms with van der Waals surface area (Å²) < 4.78 is 0. The maximum atomic E-state index is 13.6. The second-order valence-electron chi connectivity index (χ2n) is 8.71. The number of carbonyl (C=O) groups excluding carboxylic acids is 1. The fourth-order valence-electron chi connectivity index (χ4n) is 4.76. The molecule has 184 valence electrons. The van der Waals surface area contributed by atoms with Gasteiger partial charge in [0.05, 0.1) is 18.6 Å². The van der Waals surface area contributed by atoms with Crippen molar-refractivity contribution in [3.05, 3.63) is 108 Å². The number of H-pyrrole nitrogens is 2. The van der Waals surface area contributed by atoms with Crippen molar-refractivity contribution in [2.24, 2.45) is 0 Å². The highest BCUT2D eigenvalue weighted by molar-refractivity contribution is 5.98. The molecule has 0 spiro atoms. The SMILES string of the molecule is Cl.Cl.O=C(c1ccc2[nH]ccc2c1)N1CCN(Cc2cnc[nH]2)c2ccc(-c3ccccc3)cc2C1. The molecule has 0 fully saturated rings. The van der Waals surface area contributed by atoms with Crippen molar-refractivity contribution in [1.29, 1.82) is 0 Å². The van der Waals surface area contributed by atoms with E-state index in [2.05, 4.69) is 62.3 Å². The zero-order valence-corrected chi connectivity index (χ0v) is 21.2. The number of nitrogens with one attached hydrogen (secondary N) is 2. The molecule has 0 radical (unpaired) electrons. The van der Waals surface area contributed by atoms with Gasteiger partial charge < -0.3 is 19.8 Å². The zero-order chi connectivity index (χ0) is 22.9. The minimum atomic E-state index is 0. The van der Waals surface area contributed by atoms with Crippen LogP contribution in [0.25, 0.3) is 22.0 Å². The molecule has 3 heterocycles. The standard InChI is InChI=1S/C28H25N5O.2ClH/c34-28(23-6-8-26-22(15-23)10-11-30-26)33-13-12-32(18-25-16-29-19-31-25)27-9-7-21(14-24(27)17-33)20-4-2-1-3-5-20;;/h1-11,14-16,19,30H,12-13,17-18H2,(H,29,31);2*1H. The molecular formula is C28H27Cl2N5O. The first-order valence-corrected chi connectivity index (χ1v) is 11.5. The molecule has 5 aromatic rings. The second kappa shape index (κ2) is 10.9. The molecule has 3 aromatic carbocycles. The second-order valence-corrected chi connectivity index (χ2v) is 8.71. The third kappa shape index (κ3) is 4.96. The van der Waals surface area contributed by atoms with Crippen molar-refractivity contribution < 1.29 is 4.79 Å². The number of aromatic nitrogens is 3. The minimum absolute atomic E-state index is 0. The number of hydrogen-bond donors (Lipinski definition) is 2. The van der Waals surface area contributed by atoms with Crippen molar-refractivity contribution in [1.82, 2.24) is 19.9 Å². The summed E-state index contributed by atoms with van der Waals surface area (Å²) in [6.45, 7) is 2.68. The van der Waals surface area contributed by atoms with Crippen LogP contribution < -0.4 is 4.90 Å². The van der Waals surface area contributed by atoms with Crippen molar-refractivity contribution in [2.45, 2.75) is 13.1 Å². The van der Waals surface area contributed by atoms with E-state index >= 15 is 0 Å². The van der Waals surface area contributed by atoms with Crippen LogP contribution in [-0.4, -0.2) is 38.8 Å². The molecular weight excluding hydrogens is 493 g/mol. The topological polar surface area (TPSA) is 68.0 Å². The summed E-state index contributed by atoms with van der Waals surface area (Å²) in [7, 11) is 0. The van der Waals surface area contributed by atoms with Crippen molar-refractivity contribution in [3.63, 3.8) is 0 Å². The van der Waals surface area contributed by atoms with Gasteiger partial charge in [-0.3, -0.25) is 4.79 Å². The number of halogens is 2. The highest BCUT2D eigenvalue weighted by Gasteiger charge is 2.25. The van der Waals surface area contributed by atoms with Gasteiger partial charge in [0, 0.05) is 54.2 Å². The van der Waals surface area contributed by atoms with E-state index in [9.17, 15) is 4.79 Å². The van der Waals surface area contributed by atoms with E-state index < -0.39 is 0 Å². The summed E-state index contributed by atoms with van der Waals surface area (Å²) in [6, 6.07) is 24.8. The molecule has 0 aliphatic carbocycles. The van der Waals surface area contributed by atoms with Crippen LogP contribution in [0.3, 0.4) is 0 Å². The van der Waals surface area contributed by atoms with Crippen molar-refractivity contribution >= 4 is 47.3 Å². The number of fused-ring (bicyclic) bond motifs is 2. The summed E-state index contributed by atoms with van der Waals surface area (Å²) in [5.74, 6) is 0.0579. The summed E-state index contributed by atoms with van der Waals surface area (Å²) >= 11 is 0. The molecule has 6 nitrogen and oxygen atoms in total. The highest BCUT2D eigenvalue weighted by Crippen LogP contribution is 2.32. The Hall–Kier alpha value is -3.74. The average molecular weight is 520 g/mol. The molecule has 2 aromatic heterocycles. The lowest BCUT2D eigenvalue weighted by atomic mass is 10.0. The molecule has 0 bridgehead atoms. The Morgan fingerprint density at radius 1 is 0.889 bits per heavy atom. The first kappa shape index (κ1) is 25.4. The third-order valence-electron chi connectivity index (χ3n) is 6.53. The van der Waals surface area contributed by atoms with Crippen LogP contribution in [0.2, 0.25) is 0 Å². The maximum Gasteiger partial charge on any atom is 0.254 e. The fourth-order valence-corrected chi connectivity index (χ4v) is 4.76. The Balaban J connectivity index is 0.00000152. The number of rotatable bonds is 4. The fraction of sp³-hybridized carbons (Fsp3) is 0.143. The van der Waals surface area contributed by atoms with Gasteiger partial charge in [-0.15, -0.1) is 24.8 Å². The van der Waals surface area contributed by atoms with Crippen LogP contribution in [0, 0.1) is 0 Å². The highest BCUT2D eigenvalue weighted by atomic mass is 35.5. The molecule has 6 rings (SSSR count). The number of aromatic amines is 2. The molecule has 1 amide bonds. The van der Waals surface area contributed by atoms with Crippen LogP contribution in [0.5, 0.6) is 0 Å². The van der Waals surface area contributed by atoms with E-state index in [1.807, 2.05) is 47.6 Å². The lowest BCUT2D eigenvalue weighted by Crippen LogP contribution is -2.35. The largest absolute Gasteiger partial charge is 0.364 e. The third-order valence-corrected chi connectivity index (χ3v) is 6.53. The van der Waals surface area contributed by atoms with E-state index in [-0.39, 0.29) is 30.7 Å². The van der Waals surface area contributed by atoms with Crippen molar-refractivity contribution in [2.75, 3.05) is 18.0 Å². The van der Waals surface area contributed by atoms with Gasteiger partial charge in [0.2, 0.25) is 0 Å². The van der Waals surface area contributed by atoms with Gasteiger partial charge in [-0.1, -0.05) is 36.4 Å². The van der Waals surface area contributed by atoms with Crippen LogP contribution in [0.15, 0.2) is 91.5 Å². The Morgan fingerprint density at radius 3 is 2.56 bits per heavy atom. The first-order valence-electron chi connectivity index (χ1n) is 11.5. The van der Waals surface area contributed by atoms with E-state index in [0.717, 1.165) is 52.1 Å². The molecule has 0 saturated heterocycles. The van der Waals surface area contributed by atoms with Gasteiger partial charge in [0.25, 0.3) is 5.91 Å². The normalized spacial score (nSPS) is 12.9. The number of hydrogen-bond acceptors (Lipinski definition) is 3. The number of nitrogens with zero attached hydrogens (tertiary/aromatic N) is 3. The number of imidazole rings is 1. The van der Waals surface area contributed by atoms with Crippen LogP contribution in [-0.2, 0) is 13.1 Å². The molecule has 8 heteroatoms. The first-order chi connectivity index (χ1) is 16.7. The number of benzene rings is 3. The van der Waals surface area contributed by atoms with Gasteiger partial charge in [-0.25, -0.2) is 4.98 Å². The predicted molar refractivity (Wildman–Crippen MR) is 149 cm³/mol. The van der Waals surface area contributed by atoms with Crippen LogP contribution in [0.1, 0.15) is 21.6 Å². The smallest absolute Gasteiger partial charge is 0.254 e. The van der Waals surface area contributed by atoms with Gasteiger partial charge in [0.1, 0.15) is 0 Å². The average Bonchev–Trinajstić information content (AvgIpc) is 3.54. The summed E-state index contributed by atoms with van der Waals surface area (Å²) in [4.78, 5) is 28.5. The predicted octanol–water partition coefficient (Wildman–Crippen LogP) is 6.06. The van der Waals surface area contributed by atoms with E-state index in [1.54, 1.807) is 6.33 Å². The van der Waals surface area contributed by atoms with Crippen LogP contribution >= 0.6 is 24.8 Å². The number of anilines is 1. The van der Waals surface area contributed by atoms with E-state index in [0.29, 0.717) is 13.1 Å². The lowest BCUT2D eigenvalue weighted by molar-refractivity contribution is 0.0751. The Labute approximate surface area is 222 Å². The maximum absolute atomic E-state index is 13.6. The molecule has 1 aliphatic heterocycles. The Bertz CT molecular complexity index is 1450. The summed E-state index contributed by atoms with van der Waals surface area (Å²) in [5, 5.41) is 1.05. The summed E-state index contributed by atoms with van der Waals surface area (Å²) in [5.41, 5.74) is 7.44. The molecule has 1 aliphatic rings. The lowest BCUT2D eigenvalue weighted by Gasteiger charge is -2.24. The molecule has 0 unspecified atom stereocenters. The van der Waals surface area contributed by atoms with Gasteiger partial charge >= 0.3 is 0 Å².